The average molecular weight is 281 g/mol. The van der Waals surface area contributed by atoms with E-state index >= 15 is 0 Å². The third-order valence-corrected chi connectivity index (χ3v) is 3.74. The number of carboxylic acids is 1. The van der Waals surface area contributed by atoms with Crippen molar-refractivity contribution < 1.29 is 19.4 Å². The van der Waals surface area contributed by atoms with Gasteiger partial charge in [0.15, 0.2) is 0 Å². The van der Waals surface area contributed by atoms with Crippen molar-refractivity contribution in [2.75, 3.05) is 19.8 Å². The van der Waals surface area contributed by atoms with E-state index in [1.807, 2.05) is 6.92 Å². The molecular formula is C13H19N3O4. The molecule has 0 aliphatic carbocycles. The highest BCUT2D eigenvalue weighted by Crippen LogP contribution is 2.30. The van der Waals surface area contributed by atoms with Crippen LogP contribution in [0.4, 0.5) is 0 Å². The van der Waals surface area contributed by atoms with Gasteiger partial charge in [-0.3, -0.25) is 14.7 Å². The second-order valence-corrected chi connectivity index (χ2v) is 5.01. The lowest BCUT2D eigenvalue weighted by Gasteiger charge is -2.32. The molecule has 0 saturated carbocycles. The number of aryl methyl sites for hydroxylation is 1. The molecule has 1 fully saturated rings. The number of ether oxygens (including phenoxy) is 1. The van der Waals surface area contributed by atoms with Crippen LogP contribution in [-0.4, -0.2) is 46.9 Å². The number of aromatic amines is 1. The molecule has 1 saturated heterocycles. The number of hydrogen-bond donors (Lipinski definition) is 3. The summed E-state index contributed by atoms with van der Waals surface area (Å²) in [4.78, 5) is 23.4. The number of aliphatic carboxylic acids is 1. The topological polar surface area (TPSA) is 104 Å². The van der Waals surface area contributed by atoms with E-state index in [0.717, 1.165) is 12.1 Å². The molecule has 0 bridgehead atoms. The second kappa shape index (κ2) is 6.04. The van der Waals surface area contributed by atoms with Crippen molar-refractivity contribution in [3.05, 3.63) is 17.5 Å². The first-order valence-electron chi connectivity index (χ1n) is 6.71. The predicted octanol–water partition coefficient (Wildman–Crippen LogP) is 0.583. The summed E-state index contributed by atoms with van der Waals surface area (Å²) in [5.74, 6) is -1.24. The lowest BCUT2D eigenvalue weighted by atomic mass is 9.80. The monoisotopic (exact) mass is 281 g/mol. The van der Waals surface area contributed by atoms with Crippen LogP contribution in [0.5, 0.6) is 0 Å². The van der Waals surface area contributed by atoms with Crippen molar-refractivity contribution in [3.8, 4) is 0 Å². The smallest absolute Gasteiger partial charge is 0.311 e. The molecule has 1 aliphatic heterocycles. The molecule has 1 aromatic rings. The van der Waals surface area contributed by atoms with Gasteiger partial charge in [-0.2, -0.15) is 5.10 Å². The summed E-state index contributed by atoms with van der Waals surface area (Å²) in [5.41, 5.74) is 0.223. The van der Waals surface area contributed by atoms with Gasteiger partial charge in [0.1, 0.15) is 5.69 Å². The summed E-state index contributed by atoms with van der Waals surface area (Å²) < 4.78 is 5.19. The fourth-order valence-electron chi connectivity index (χ4n) is 2.23. The summed E-state index contributed by atoms with van der Waals surface area (Å²) in [6.45, 7) is 2.87. The maximum Gasteiger partial charge on any atom is 0.311 e. The molecule has 7 nitrogen and oxygen atoms in total. The fourth-order valence-corrected chi connectivity index (χ4v) is 2.23. The van der Waals surface area contributed by atoms with Gasteiger partial charge in [0, 0.05) is 25.5 Å². The van der Waals surface area contributed by atoms with Gasteiger partial charge in [0.2, 0.25) is 0 Å². The number of rotatable bonds is 5. The highest BCUT2D eigenvalue weighted by atomic mass is 16.5. The molecule has 0 spiro atoms. The van der Waals surface area contributed by atoms with E-state index in [1.165, 1.54) is 0 Å². The lowest BCUT2D eigenvalue weighted by Crippen LogP contribution is -2.46. The van der Waals surface area contributed by atoms with Crippen LogP contribution in [0.2, 0.25) is 0 Å². The van der Waals surface area contributed by atoms with Crippen molar-refractivity contribution in [2.24, 2.45) is 5.41 Å². The Kier molecular flexibility index (Phi) is 4.39. The van der Waals surface area contributed by atoms with E-state index in [0.29, 0.717) is 26.1 Å². The van der Waals surface area contributed by atoms with Gasteiger partial charge in [-0.15, -0.1) is 0 Å². The Labute approximate surface area is 116 Å². The first kappa shape index (κ1) is 14.5. The van der Waals surface area contributed by atoms with Crippen LogP contribution < -0.4 is 5.32 Å². The number of nitrogens with one attached hydrogen (secondary N) is 2. The first-order valence-corrected chi connectivity index (χ1v) is 6.71. The molecule has 0 unspecified atom stereocenters. The Morgan fingerprint density at radius 3 is 2.75 bits per heavy atom. The van der Waals surface area contributed by atoms with Crippen molar-refractivity contribution in [1.29, 1.82) is 0 Å². The molecule has 2 heterocycles. The molecule has 1 amide bonds. The highest BCUT2D eigenvalue weighted by Gasteiger charge is 2.40. The van der Waals surface area contributed by atoms with Crippen molar-refractivity contribution in [2.45, 2.75) is 26.2 Å². The Hall–Kier alpha value is -1.89. The first-order chi connectivity index (χ1) is 9.57. The minimum Gasteiger partial charge on any atom is -0.481 e. The van der Waals surface area contributed by atoms with Crippen molar-refractivity contribution in [3.63, 3.8) is 0 Å². The minimum absolute atomic E-state index is 0.0961. The molecule has 110 valence electrons. The Balaban J connectivity index is 1.98. The summed E-state index contributed by atoms with van der Waals surface area (Å²) in [5, 5.41) is 18.7. The average Bonchev–Trinajstić information content (AvgIpc) is 2.94. The van der Waals surface area contributed by atoms with E-state index in [1.54, 1.807) is 6.07 Å². The van der Waals surface area contributed by atoms with Gasteiger partial charge < -0.3 is 15.2 Å². The summed E-state index contributed by atoms with van der Waals surface area (Å²) >= 11 is 0. The zero-order valence-corrected chi connectivity index (χ0v) is 11.4. The number of amides is 1. The molecule has 1 aliphatic rings. The molecule has 0 radical (unpaired) electrons. The van der Waals surface area contributed by atoms with Crippen LogP contribution >= 0.6 is 0 Å². The van der Waals surface area contributed by atoms with Crippen LogP contribution in [-0.2, 0) is 16.0 Å². The fraction of sp³-hybridized carbons (Fsp3) is 0.615. The lowest BCUT2D eigenvalue weighted by molar-refractivity contribution is -0.154. The molecule has 2 rings (SSSR count). The second-order valence-electron chi connectivity index (χ2n) is 5.01. The molecule has 7 heteroatoms. The molecular weight excluding hydrogens is 262 g/mol. The zero-order valence-electron chi connectivity index (χ0n) is 11.4. The Bertz CT molecular complexity index is 492. The third-order valence-electron chi connectivity index (χ3n) is 3.74. The predicted molar refractivity (Wildman–Crippen MR) is 70.4 cm³/mol. The van der Waals surface area contributed by atoms with E-state index in [-0.39, 0.29) is 18.1 Å². The molecule has 1 aromatic heterocycles. The third kappa shape index (κ3) is 2.98. The Morgan fingerprint density at radius 1 is 1.50 bits per heavy atom. The van der Waals surface area contributed by atoms with Crippen molar-refractivity contribution >= 4 is 11.9 Å². The molecule has 0 aromatic carbocycles. The number of aromatic nitrogens is 2. The maximum absolute atomic E-state index is 12.0. The summed E-state index contributed by atoms with van der Waals surface area (Å²) in [7, 11) is 0. The highest BCUT2D eigenvalue weighted by molar-refractivity contribution is 5.92. The largest absolute Gasteiger partial charge is 0.481 e. The molecule has 3 N–H and O–H groups in total. The molecule has 20 heavy (non-hydrogen) atoms. The van der Waals surface area contributed by atoms with Gasteiger partial charge in [-0.25, -0.2) is 0 Å². The quantitative estimate of drug-likeness (QED) is 0.732. The molecule has 0 atom stereocenters. The van der Waals surface area contributed by atoms with Crippen LogP contribution in [0.1, 0.15) is 35.9 Å². The van der Waals surface area contributed by atoms with Gasteiger partial charge in [0.25, 0.3) is 5.91 Å². The standard InChI is InChI=1S/C13H19N3O4/c1-2-9-7-10(16-15-9)11(17)14-8-13(12(18)19)3-5-20-6-4-13/h7H,2-6,8H2,1H3,(H,14,17)(H,15,16)(H,18,19). The van der Waals surface area contributed by atoms with Crippen LogP contribution in [0.15, 0.2) is 6.07 Å². The normalized spacial score (nSPS) is 17.6. The number of H-pyrrole nitrogens is 1. The van der Waals surface area contributed by atoms with Gasteiger partial charge in [0.05, 0.1) is 5.41 Å². The number of hydrogen-bond acceptors (Lipinski definition) is 4. The van der Waals surface area contributed by atoms with Gasteiger partial charge in [-0.05, 0) is 25.3 Å². The van der Waals surface area contributed by atoms with E-state index in [2.05, 4.69) is 15.5 Å². The zero-order chi connectivity index (χ0) is 14.6. The number of carbonyl (C=O) groups is 2. The van der Waals surface area contributed by atoms with E-state index in [4.69, 9.17) is 4.74 Å². The number of carbonyl (C=O) groups excluding carboxylic acids is 1. The van der Waals surface area contributed by atoms with Gasteiger partial charge in [-0.1, -0.05) is 6.92 Å². The van der Waals surface area contributed by atoms with E-state index in [9.17, 15) is 14.7 Å². The van der Waals surface area contributed by atoms with Crippen molar-refractivity contribution in [1.82, 2.24) is 15.5 Å². The SMILES string of the molecule is CCc1cc(C(=O)NCC2(C(=O)O)CCOCC2)n[nH]1. The van der Waals surface area contributed by atoms with E-state index < -0.39 is 11.4 Å². The summed E-state index contributed by atoms with van der Waals surface area (Å²) in [6.07, 6.45) is 1.57. The maximum atomic E-state index is 12.0. The number of nitrogens with zero attached hydrogens (tertiary/aromatic N) is 1. The minimum atomic E-state index is -0.933. The van der Waals surface area contributed by atoms with Gasteiger partial charge >= 0.3 is 5.97 Å². The number of carboxylic acid groups (broad SMARTS) is 1. The summed E-state index contributed by atoms with van der Waals surface area (Å²) in [6, 6.07) is 1.67. The van der Waals surface area contributed by atoms with Crippen LogP contribution in [0, 0.1) is 5.41 Å². The Morgan fingerprint density at radius 2 is 2.20 bits per heavy atom. The van der Waals surface area contributed by atoms with Crippen LogP contribution in [0.25, 0.3) is 0 Å². The van der Waals surface area contributed by atoms with Crippen LogP contribution in [0.3, 0.4) is 0 Å².